The van der Waals surface area contributed by atoms with Crippen molar-refractivity contribution >= 4 is 28.8 Å². The van der Waals surface area contributed by atoms with Gasteiger partial charge in [-0.1, -0.05) is 42.0 Å². The Morgan fingerprint density at radius 2 is 1.83 bits per heavy atom. The molecule has 3 nitrogen and oxygen atoms in total. The molecule has 0 bridgehead atoms. The molecule has 1 rings (SSSR count). The molecule has 1 aromatic carbocycles. The first-order valence-electron chi connectivity index (χ1n) is 5.64. The minimum atomic E-state index is -0.802. The highest BCUT2D eigenvalue weighted by molar-refractivity contribution is 7.80. The van der Waals surface area contributed by atoms with Crippen molar-refractivity contribution in [2.75, 3.05) is 7.11 Å². The van der Waals surface area contributed by atoms with E-state index >= 15 is 0 Å². The highest BCUT2D eigenvalue weighted by atomic mass is 32.1. The number of rotatable bonds is 5. The van der Waals surface area contributed by atoms with Gasteiger partial charge in [-0.15, -0.1) is 0 Å². The highest BCUT2D eigenvalue weighted by Crippen LogP contribution is 2.14. The van der Waals surface area contributed by atoms with Gasteiger partial charge in [0.25, 0.3) is 0 Å². The van der Waals surface area contributed by atoms with Gasteiger partial charge in [-0.05, 0) is 19.4 Å². The molecule has 4 heteroatoms. The molecule has 0 aliphatic heterocycles. The lowest BCUT2D eigenvalue weighted by atomic mass is 9.96. The van der Waals surface area contributed by atoms with Gasteiger partial charge in [0.2, 0.25) is 0 Å². The number of hydrogen-bond donors (Lipinski definition) is 0. The molecule has 0 N–H and O–H groups in total. The van der Waals surface area contributed by atoms with E-state index in [0.29, 0.717) is 4.86 Å². The van der Waals surface area contributed by atoms with Gasteiger partial charge in [0.1, 0.15) is 11.7 Å². The van der Waals surface area contributed by atoms with Crippen LogP contribution < -0.4 is 0 Å². The largest absolute Gasteiger partial charge is 0.468 e. The smallest absolute Gasteiger partial charge is 0.316 e. The Labute approximate surface area is 112 Å². The monoisotopic (exact) mass is 264 g/mol. The van der Waals surface area contributed by atoms with Crippen molar-refractivity contribution in [3.63, 3.8) is 0 Å². The van der Waals surface area contributed by atoms with E-state index in [9.17, 15) is 9.59 Å². The molecular weight excluding hydrogens is 248 g/mol. The molecule has 0 aromatic heterocycles. The Morgan fingerprint density at radius 3 is 2.28 bits per heavy atom. The SMILES string of the molecule is COC(=O)C(CC(=S)c1ccc(C)cc1)C(C)=O. The highest BCUT2D eigenvalue weighted by Gasteiger charge is 2.25. The lowest BCUT2D eigenvalue weighted by Crippen LogP contribution is -2.25. The third-order valence-corrected chi connectivity index (χ3v) is 3.14. The van der Waals surface area contributed by atoms with Crippen molar-refractivity contribution < 1.29 is 14.3 Å². The molecule has 1 atom stereocenters. The van der Waals surface area contributed by atoms with Crippen molar-refractivity contribution in [1.82, 2.24) is 0 Å². The predicted octanol–water partition coefficient (Wildman–Crippen LogP) is 2.48. The average molecular weight is 264 g/mol. The Kier molecular flexibility index (Phi) is 5.16. The fourth-order valence-corrected chi connectivity index (χ4v) is 1.88. The molecule has 0 amide bonds. The Bertz CT molecular complexity index is 462. The van der Waals surface area contributed by atoms with E-state index in [1.807, 2.05) is 31.2 Å². The van der Waals surface area contributed by atoms with E-state index < -0.39 is 11.9 Å². The Balaban J connectivity index is 2.82. The summed E-state index contributed by atoms with van der Waals surface area (Å²) in [5.74, 6) is -1.56. The topological polar surface area (TPSA) is 43.4 Å². The number of thiocarbonyl (C=S) groups is 1. The second-order valence-electron chi connectivity index (χ2n) is 4.18. The van der Waals surface area contributed by atoms with Gasteiger partial charge in [0, 0.05) is 11.3 Å². The first-order chi connectivity index (χ1) is 8.45. The fourth-order valence-electron chi connectivity index (χ4n) is 1.58. The summed E-state index contributed by atoms with van der Waals surface area (Å²) >= 11 is 5.27. The summed E-state index contributed by atoms with van der Waals surface area (Å²) in [7, 11) is 1.27. The number of benzene rings is 1. The minimum Gasteiger partial charge on any atom is -0.468 e. The van der Waals surface area contributed by atoms with Gasteiger partial charge in [-0.2, -0.15) is 0 Å². The molecule has 96 valence electrons. The normalized spacial score (nSPS) is 11.7. The van der Waals surface area contributed by atoms with Crippen LogP contribution in [-0.2, 0) is 14.3 Å². The van der Waals surface area contributed by atoms with E-state index in [4.69, 9.17) is 12.2 Å². The zero-order chi connectivity index (χ0) is 13.7. The lowest BCUT2D eigenvalue weighted by molar-refractivity contribution is -0.148. The first kappa shape index (κ1) is 14.5. The van der Waals surface area contributed by atoms with Gasteiger partial charge in [-0.3, -0.25) is 9.59 Å². The number of methoxy groups -OCH3 is 1. The van der Waals surface area contributed by atoms with Crippen molar-refractivity contribution in [3.8, 4) is 0 Å². The van der Waals surface area contributed by atoms with Crippen LogP contribution in [0, 0.1) is 12.8 Å². The Hall–Kier alpha value is -1.55. The quantitative estimate of drug-likeness (QED) is 0.355. The molecule has 0 radical (unpaired) electrons. The molecule has 18 heavy (non-hydrogen) atoms. The third-order valence-electron chi connectivity index (χ3n) is 2.74. The van der Waals surface area contributed by atoms with Crippen molar-refractivity contribution in [1.29, 1.82) is 0 Å². The van der Waals surface area contributed by atoms with Crippen LogP contribution in [0.25, 0.3) is 0 Å². The maximum atomic E-state index is 11.5. The summed E-state index contributed by atoms with van der Waals surface area (Å²) in [6.07, 6.45) is 0.223. The molecule has 1 aromatic rings. The fraction of sp³-hybridized carbons (Fsp3) is 0.357. The molecule has 0 fully saturated rings. The summed E-state index contributed by atoms with van der Waals surface area (Å²) in [4.78, 5) is 23.5. The molecule has 1 unspecified atom stereocenters. The van der Waals surface area contributed by atoms with Crippen molar-refractivity contribution in [2.24, 2.45) is 5.92 Å². The van der Waals surface area contributed by atoms with Crippen LogP contribution in [-0.4, -0.2) is 23.7 Å². The van der Waals surface area contributed by atoms with E-state index in [-0.39, 0.29) is 12.2 Å². The molecule has 0 heterocycles. The van der Waals surface area contributed by atoms with Crippen LogP contribution in [0.3, 0.4) is 0 Å². The summed E-state index contributed by atoms with van der Waals surface area (Å²) < 4.78 is 4.61. The average Bonchev–Trinajstić information content (AvgIpc) is 2.35. The number of ether oxygens (including phenoxy) is 1. The summed E-state index contributed by atoms with van der Waals surface area (Å²) in [5.41, 5.74) is 2.00. The summed E-state index contributed by atoms with van der Waals surface area (Å²) in [6.45, 7) is 3.36. The van der Waals surface area contributed by atoms with Crippen LogP contribution in [0.4, 0.5) is 0 Å². The molecule has 0 saturated heterocycles. The number of hydrogen-bond acceptors (Lipinski definition) is 4. The van der Waals surface area contributed by atoms with E-state index in [2.05, 4.69) is 4.74 Å². The van der Waals surface area contributed by atoms with Gasteiger partial charge in [-0.25, -0.2) is 0 Å². The zero-order valence-corrected chi connectivity index (χ0v) is 11.5. The minimum absolute atomic E-state index is 0.223. The molecule has 0 aliphatic carbocycles. The van der Waals surface area contributed by atoms with E-state index in [0.717, 1.165) is 11.1 Å². The van der Waals surface area contributed by atoms with Gasteiger partial charge < -0.3 is 4.74 Å². The van der Waals surface area contributed by atoms with Crippen molar-refractivity contribution in [2.45, 2.75) is 20.3 Å². The van der Waals surface area contributed by atoms with Crippen LogP contribution in [0.15, 0.2) is 24.3 Å². The Morgan fingerprint density at radius 1 is 1.28 bits per heavy atom. The van der Waals surface area contributed by atoms with Crippen molar-refractivity contribution in [3.05, 3.63) is 35.4 Å². The zero-order valence-electron chi connectivity index (χ0n) is 10.7. The second kappa shape index (κ2) is 6.40. The van der Waals surface area contributed by atoms with Crippen LogP contribution in [0.5, 0.6) is 0 Å². The van der Waals surface area contributed by atoms with Crippen LogP contribution in [0.1, 0.15) is 24.5 Å². The molecular formula is C14H16O3S. The number of carbonyl (C=O) groups is 2. The van der Waals surface area contributed by atoms with Gasteiger partial charge in [0.15, 0.2) is 0 Å². The summed E-state index contributed by atoms with van der Waals surface area (Å²) in [5, 5.41) is 0. The standard InChI is InChI=1S/C14H16O3S/c1-9-4-6-11(7-5-9)13(18)8-12(10(2)15)14(16)17-3/h4-7,12H,8H2,1-3H3. The number of esters is 1. The number of aryl methyl sites for hydroxylation is 1. The predicted molar refractivity (Wildman–Crippen MR) is 73.7 cm³/mol. The van der Waals surface area contributed by atoms with E-state index in [1.54, 1.807) is 0 Å². The van der Waals surface area contributed by atoms with E-state index in [1.165, 1.54) is 14.0 Å². The number of Topliss-reactive ketones (excluding diaryl/α,β-unsaturated/α-hetero) is 1. The maximum Gasteiger partial charge on any atom is 0.316 e. The number of ketones is 1. The van der Waals surface area contributed by atoms with Crippen LogP contribution in [0.2, 0.25) is 0 Å². The molecule has 0 saturated carbocycles. The molecule has 0 aliphatic rings. The number of carbonyl (C=O) groups excluding carboxylic acids is 2. The third kappa shape index (κ3) is 3.74. The van der Waals surface area contributed by atoms with Gasteiger partial charge >= 0.3 is 5.97 Å². The second-order valence-corrected chi connectivity index (χ2v) is 4.67. The van der Waals surface area contributed by atoms with Crippen LogP contribution >= 0.6 is 12.2 Å². The van der Waals surface area contributed by atoms with Gasteiger partial charge in [0.05, 0.1) is 7.11 Å². The lowest BCUT2D eigenvalue weighted by Gasteiger charge is -2.12. The first-order valence-corrected chi connectivity index (χ1v) is 6.04. The molecule has 0 spiro atoms. The summed E-state index contributed by atoms with van der Waals surface area (Å²) in [6, 6.07) is 7.68. The maximum absolute atomic E-state index is 11.5.